The first-order chi connectivity index (χ1) is 11.7. The molecule has 0 radical (unpaired) electrons. The normalized spacial score (nSPS) is 10.2. The summed E-state index contributed by atoms with van der Waals surface area (Å²) in [5, 5.41) is 0. The molecule has 5 heteroatoms. The van der Waals surface area contributed by atoms with Gasteiger partial charge < -0.3 is 15.2 Å². The van der Waals surface area contributed by atoms with E-state index in [0.717, 1.165) is 11.3 Å². The van der Waals surface area contributed by atoms with Crippen molar-refractivity contribution in [2.75, 3.05) is 5.73 Å². The van der Waals surface area contributed by atoms with Crippen LogP contribution in [0.3, 0.4) is 0 Å². The largest absolute Gasteiger partial charge is 0.457 e. The van der Waals surface area contributed by atoms with Crippen molar-refractivity contribution in [1.82, 2.24) is 4.98 Å². The molecular formula is C19H16N2O3. The summed E-state index contributed by atoms with van der Waals surface area (Å²) in [5.74, 6) is 1.15. The van der Waals surface area contributed by atoms with E-state index < -0.39 is 5.97 Å². The molecule has 0 fully saturated rings. The summed E-state index contributed by atoms with van der Waals surface area (Å²) in [6.07, 6.45) is 1.53. The molecule has 24 heavy (non-hydrogen) atoms. The van der Waals surface area contributed by atoms with Gasteiger partial charge in [-0.15, -0.1) is 0 Å². The van der Waals surface area contributed by atoms with E-state index in [4.69, 9.17) is 15.2 Å². The van der Waals surface area contributed by atoms with Gasteiger partial charge in [0.2, 0.25) is 0 Å². The minimum absolute atomic E-state index is 0.152. The third kappa shape index (κ3) is 3.89. The second kappa shape index (κ2) is 7.28. The van der Waals surface area contributed by atoms with Crippen molar-refractivity contribution in [2.45, 2.75) is 6.61 Å². The molecule has 0 atom stereocenters. The average molecular weight is 320 g/mol. The Balaban J connectivity index is 1.58. The molecule has 0 bridgehead atoms. The number of nitrogens with zero attached hydrogens (tertiary/aromatic N) is 1. The number of hydrogen-bond donors (Lipinski definition) is 1. The molecular weight excluding hydrogens is 304 g/mol. The minimum atomic E-state index is -0.495. The van der Waals surface area contributed by atoms with Crippen molar-refractivity contribution in [3.8, 4) is 11.5 Å². The van der Waals surface area contributed by atoms with E-state index in [-0.39, 0.29) is 18.0 Å². The number of carbonyl (C=O) groups is 1. The zero-order valence-electron chi connectivity index (χ0n) is 12.9. The first-order valence-corrected chi connectivity index (χ1v) is 7.42. The fourth-order valence-electron chi connectivity index (χ4n) is 2.10. The van der Waals surface area contributed by atoms with Crippen LogP contribution in [0.5, 0.6) is 11.5 Å². The number of esters is 1. The van der Waals surface area contributed by atoms with Crippen LogP contribution in [0, 0.1) is 0 Å². The van der Waals surface area contributed by atoms with Crippen LogP contribution in [0.1, 0.15) is 15.9 Å². The van der Waals surface area contributed by atoms with E-state index in [1.54, 1.807) is 12.1 Å². The van der Waals surface area contributed by atoms with E-state index in [9.17, 15) is 4.79 Å². The van der Waals surface area contributed by atoms with E-state index in [2.05, 4.69) is 4.98 Å². The molecule has 1 aromatic heterocycles. The highest BCUT2D eigenvalue weighted by molar-refractivity contribution is 5.93. The molecule has 3 rings (SSSR count). The first kappa shape index (κ1) is 15.6. The Morgan fingerprint density at radius 1 is 0.917 bits per heavy atom. The Hall–Kier alpha value is -3.34. The van der Waals surface area contributed by atoms with E-state index in [1.807, 2.05) is 54.6 Å². The summed E-state index contributed by atoms with van der Waals surface area (Å²) in [6, 6.07) is 20.1. The van der Waals surface area contributed by atoms with Crippen LogP contribution in [-0.2, 0) is 11.3 Å². The molecule has 0 unspecified atom stereocenters. The number of ether oxygens (including phenoxy) is 2. The maximum atomic E-state index is 12.0. The monoisotopic (exact) mass is 320 g/mol. The summed E-state index contributed by atoms with van der Waals surface area (Å²) in [6.45, 7) is 0.152. The van der Waals surface area contributed by atoms with E-state index in [0.29, 0.717) is 5.75 Å². The van der Waals surface area contributed by atoms with Crippen LogP contribution < -0.4 is 10.5 Å². The highest BCUT2D eigenvalue weighted by atomic mass is 16.5. The fourth-order valence-corrected chi connectivity index (χ4v) is 2.10. The second-order valence-corrected chi connectivity index (χ2v) is 5.07. The zero-order chi connectivity index (χ0) is 16.8. The lowest BCUT2D eigenvalue weighted by molar-refractivity contribution is 0.0473. The molecule has 0 saturated heterocycles. The molecule has 2 N–H and O–H groups in total. The molecule has 2 aromatic carbocycles. The van der Waals surface area contributed by atoms with Gasteiger partial charge in [0.15, 0.2) is 0 Å². The van der Waals surface area contributed by atoms with Gasteiger partial charge in [-0.05, 0) is 42.0 Å². The number of para-hydroxylation sites is 1. The predicted molar refractivity (Wildman–Crippen MR) is 90.7 cm³/mol. The van der Waals surface area contributed by atoms with Crippen LogP contribution >= 0.6 is 0 Å². The standard InChI is InChI=1S/C19H16N2O3/c20-18-17(7-4-12-21-18)19(22)23-13-14-8-10-16(11-9-14)24-15-5-2-1-3-6-15/h1-12H,13H2,(H2,20,21). The summed E-state index contributed by atoms with van der Waals surface area (Å²) in [7, 11) is 0. The number of nitrogen functional groups attached to an aromatic ring is 1. The molecule has 0 aliphatic carbocycles. The van der Waals surface area contributed by atoms with Gasteiger partial charge in [-0.2, -0.15) is 0 Å². The molecule has 0 aliphatic rings. The second-order valence-electron chi connectivity index (χ2n) is 5.07. The topological polar surface area (TPSA) is 74.4 Å². The molecule has 0 saturated carbocycles. The van der Waals surface area contributed by atoms with E-state index >= 15 is 0 Å². The van der Waals surface area contributed by atoms with Gasteiger partial charge in [0.25, 0.3) is 0 Å². The Bertz CT molecular complexity index is 818. The Morgan fingerprint density at radius 2 is 1.62 bits per heavy atom. The summed E-state index contributed by atoms with van der Waals surface area (Å²) in [4.78, 5) is 15.8. The number of carbonyl (C=O) groups excluding carboxylic acids is 1. The Labute approximate surface area is 139 Å². The molecule has 1 heterocycles. The molecule has 5 nitrogen and oxygen atoms in total. The van der Waals surface area contributed by atoms with Crippen LogP contribution in [0.25, 0.3) is 0 Å². The van der Waals surface area contributed by atoms with Crippen LogP contribution in [0.15, 0.2) is 72.9 Å². The smallest absolute Gasteiger partial charge is 0.342 e. The van der Waals surface area contributed by atoms with Gasteiger partial charge in [-0.25, -0.2) is 9.78 Å². The van der Waals surface area contributed by atoms with Crippen LogP contribution in [-0.4, -0.2) is 11.0 Å². The van der Waals surface area contributed by atoms with Crippen molar-refractivity contribution < 1.29 is 14.3 Å². The number of aromatic nitrogens is 1. The lowest BCUT2D eigenvalue weighted by Crippen LogP contribution is -2.09. The van der Waals surface area contributed by atoms with Crippen molar-refractivity contribution in [2.24, 2.45) is 0 Å². The maximum absolute atomic E-state index is 12.0. The van der Waals surface area contributed by atoms with Crippen molar-refractivity contribution >= 4 is 11.8 Å². The fraction of sp³-hybridized carbons (Fsp3) is 0.0526. The van der Waals surface area contributed by atoms with E-state index in [1.165, 1.54) is 6.20 Å². The summed E-state index contributed by atoms with van der Waals surface area (Å²) in [5.41, 5.74) is 6.77. The number of hydrogen-bond acceptors (Lipinski definition) is 5. The number of pyridine rings is 1. The lowest BCUT2D eigenvalue weighted by Gasteiger charge is -2.08. The Morgan fingerprint density at radius 3 is 2.33 bits per heavy atom. The number of rotatable bonds is 5. The predicted octanol–water partition coefficient (Wildman–Crippen LogP) is 3.81. The van der Waals surface area contributed by atoms with Crippen molar-refractivity contribution in [1.29, 1.82) is 0 Å². The third-order valence-electron chi connectivity index (χ3n) is 3.33. The highest BCUT2D eigenvalue weighted by Crippen LogP contribution is 2.21. The van der Waals surface area contributed by atoms with Gasteiger partial charge >= 0.3 is 5.97 Å². The van der Waals surface area contributed by atoms with Crippen LogP contribution in [0.2, 0.25) is 0 Å². The lowest BCUT2D eigenvalue weighted by atomic mass is 10.2. The van der Waals surface area contributed by atoms with Gasteiger partial charge in [0.1, 0.15) is 29.5 Å². The average Bonchev–Trinajstić information content (AvgIpc) is 2.62. The van der Waals surface area contributed by atoms with Gasteiger partial charge in [0, 0.05) is 6.20 Å². The quantitative estimate of drug-likeness (QED) is 0.723. The molecule has 0 amide bonds. The summed E-state index contributed by atoms with van der Waals surface area (Å²) >= 11 is 0. The minimum Gasteiger partial charge on any atom is -0.457 e. The number of benzene rings is 2. The molecule has 120 valence electrons. The number of nitrogens with two attached hydrogens (primary N) is 1. The maximum Gasteiger partial charge on any atom is 0.342 e. The third-order valence-corrected chi connectivity index (χ3v) is 3.33. The van der Waals surface area contributed by atoms with Crippen molar-refractivity contribution in [3.05, 3.63) is 84.1 Å². The summed E-state index contributed by atoms with van der Waals surface area (Å²) < 4.78 is 11.0. The first-order valence-electron chi connectivity index (χ1n) is 7.42. The van der Waals surface area contributed by atoms with Crippen LogP contribution in [0.4, 0.5) is 5.82 Å². The molecule has 0 spiro atoms. The molecule has 0 aliphatic heterocycles. The number of anilines is 1. The Kier molecular flexibility index (Phi) is 4.72. The zero-order valence-corrected chi connectivity index (χ0v) is 12.9. The SMILES string of the molecule is Nc1ncccc1C(=O)OCc1ccc(Oc2ccccc2)cc1. The van der Waals surface area contributed by atoms with Gasteiger partial charge in [-0.3, -0.25) is 0 Å². The highest BCUT2D eigenvalue weighted by Gasteiger charge is 2.11. The molecule has 3 aromatic rings. The van der Waals surface area contributed by atoms with Gasteiger partial charge in [-0.1, -0.05) is 30.3 Å². The van der Waals surface area contributed by atoms with Crippen molar-refractivity contribution in [3.63, 3.8) is 0 Å². The van der Waals surface area contributed by atoms with Gasteiger partial charge in [0.05, 0.1) is 0 Å².